The molecule has 0 saturated heterocycles. The second kappa shape index (κ2) is 4.63. The third-order valence-corrected chi connectivity index (χ3v) is 3.44. The molecular formula is C12H20BrN. The molecule has 2 heteroatoms. The van der Waals surface area contributed by atoms with E-state index in [1.54, 1.807) is 0 Å². The summed E-state index contributed by atoms with van der Waals surface area (Å²) in [6.45, 7) is 9.90. The highest BCUT2D eigenvalue weighted by Crippen LogP contribution is 2.32. The van der Waals surface area contributed by atoms with E-state index in [1.807, 2.05) is 0 Å². The first-order valence-corrected chi connectivity index (χ1v) is 6.05. The summed E-state index contributed by atoms with van der Waals surface area (Å²) in [4.78, 5) is 0. The lowest BCUT2D eigenvalue weighted by atomic mass is 9.88. The molecule has 0 radical (unpaired) electrons. The van der Waals surface area contributed by atoms with Crippen molar-refractivity contribution in [3.8, 4) is 0 Å². The summed E-state index contributed by atoms with van der Waals surface area (Å²) in [6.07, 6.45) is 4.45. The van der Waals surface area contributed by atoms with Gasteiger partial charge < -0.3 is 5.32 Å². The maximum atomic E-state index is 3.67. The van der Waals surface area contributed by atoms with Crippen molar-refractivity contribution in [1.29, 1.82) is 0 Å². The normalized spacial score (nSPS) is 22.8. The lowest BCUT2D eigenvalue weighted by molar-refractivity contribution is 0.383. The molecule has 1 heterocycles. The van der Waals surface area contributed by atoms with E-state index in [1.165, 1.54) is 15.6 Å². The first-order chi connectivity index (χ1) is 6.46. The fourth-order valence-corrected chi connectivity index (χ4v) is 2.53. The topological polar surface area (TPSA) is 12.0 Å². The minimum Gasteiger partial charge on any atom is -0.308 e. The zero-order valence-electron chi connectivity index (χ0n) is 9.58. The molecule has 14 heavy (non-hydrogen) atoms. The van der Waals surface area contributed by atoms with Crippen LogP contribution < -0.4 is 5.32 Å². The molecule has 0 fully saturated rings. The van der Waals surface area contributed by atoms with Crippen LogP contribution in [0.3, 0.4) is 0 Å². The zero-order chi connectivity index (χ0) is 10.8. The molecule has 1 aliphatic rings. The fourth-order valence-electron chi connectivity index (χ4n) is 1.72. The molecule has 0 spiro atoms. The summed E-state index contributed by atoms with van der Waals surface area (Å²) < 4.78 is 1.28. The van der Waals surface area contributed by atoms with Crippen LogP contribution in [0.25, 0.3) is 0 Å². The smallest absolute Gasteiger partial charge is 0.0173 e. The Morgan fingerprint density at radius 3 is 2.79 bits per heavy atom. The number of hydrogen-bond donors (Lipinski definition) is 1. The Morgan fingerprint density at radius 2 is 2.21 bits per heavy atom. The molecule has 1 N–H and O–H groups in total. The van der Waals surface area contributed by atoms with E-state index < -0.39 is 0 Å². The Bertz CT molecular complexity index is 274. The Kier molecular flexibility index (Phi) is 3.96. The van der Waals surface area contributed by atoms with Crippen LogP contribution in [0.2, 0.25) is 0 Å². The van der Waals surface area contributed by atoms with Crippen molar-refractivity contribution in [2.75, 3.05) is 6.54 Å². The lowest BCUT2D eigenvalue weighted by Gasteiger charge is -2.34. The molecular weight excluding hydrogens is 238 g/mol. The van der Waals surface area contributed by atoms with Crippen molar-refractivity contribution in [2.24, 2.45) is 0 Å². The van der Waals surface area contributed by atoms with Crippen LogP contribution in [0.4, 0.5) is 0 Å². The van der Waals surface area contributed by atoms with Gasteiger partial charge in [0.2, 0.25) is 0 Å². The monoisotopic (exact) mass is 257 g/mol. The maximum absolute atomic E-state index is 3.67. The summed E-state index contributed by atoms with van der Waals surface area (Å²) in [6, 6.07) is 0. The Balaban J connectivity index is 2.90. The Hall–Kier alpha value is -0.0800. The van der Waals surface area contributed by atoms with E-state index >= 15 is 0 Å². The summed E-state index contributed by atoms with van der Waals surface area (Å²) in [5, 5.41) is 3.53. The van der Waals surface area contributed by atoms with Gasteiger partial charge in [0, 0.05) is 16.6 Å². The van der Waals surface area contributed by atoms with Crippen molar-refractivity contribution < 1.29 is 0 Å². The minimum atomic E-state index is 0.232. The van der Waals surface area contributed by atoms with Crippen molar-refractivity contribution in [3.63, 3.8) is 0 Å². The van der Waals surface area contributed by atoms with Crippen LogP contribution in [0, 0.1) is 0 Å². The minimum absolute atomic E-state index is 0.232. The van der Waals surface area contributed by atoms with Crippen LogP contribution in [0.1, 0.15) is 40.5 Å². The average Bonchev–Trinajstić information content (AvgIpc) is 2.10. The molecule has 80 valence electrons. The summed E-state index contributed by atoms with van der Waals surface area (Å²) in [5.41, 5.74) is 3.17. The molecule has 0 saturated carbocycles. The van der Waals surface area contributed by atoms with E-state index in [9.17, 15) is 0 Å². The molecule has 0 aromatic heterocycles. The highest BCUT2D eigenvalue weighted by molar-refractivity contribution is 9.12. The molecule has 0 aliphatic carbocycles. The molecule has 0 aromatic rings. The van der Waals surface area contributed by atoms with Crippen LogP contribution in [0.15, 0.2) is 21.7 Å². The maximum Gasteiger partial charge on any atom is 0.0173 e. The van der Waals surface area contributed by atoms with Gasteiger partial charge in [0.05, 0.1) is 0 Å². The van der Waals surface area contributed by atoms with Gasteiger partial charge in [-0.2, -0.15) is 0 Å². The van der Waals surface area contributed by atoms with Gasteiger partial charge in [-0.05, 0) is 39.2 Å². The summed E-state index contributed by atoms with van der Waals surface area (Å²) in [5.74, 6) is 0. The highest BCUT2D eigenvalue weighted by atomic mass is 79.9. The molecule has 0 amide bonds. The van der Waals surface area contributed by atoms with E-state index in [4.69, 9.17) is 0 Å². The van der Waals surface area contributed by atoms with Crippen LogP contribution >= 0.6 is 15.9 Å². The van der Waals surface area contributed by atoms with Gasteiger partial charge in [-0.25, -0.2) is 0 Å². The SMILES string of the molecule is CC/C=C(/Br)C1=C(C)CNC(C)(C)C1. The van der Waals surface area contributed by atoms with Gasteiger partial charge >= 0.3 is 0 Å². The largest absolute Gasteiger partial charge is 0.308 e. The predicted molar refractivity (Wildman–Crippen MR) is 66.7 cm³/mol. The third kappa shape index (κ3) is 2.96. The second-order valence-corrected chi connectivity index (χ2v) is 5.49. The third-order valence-electron chi connectivity index (χ3n) is 2.64. The number of rotatable bonds is 2. The molecule has 1 aliphatic heterocycles. The van der Waals surface area contributed by atoms with Crippen molar-refractivity contribution in [3.05, 3.63) is 21.7 Å². The lowest BCUT2D eigenvalue weighted by Crippen LogP contribution is -2.43. The Labute approximate surface area is 95.8 Å². The van der Waals surface area contributed by atoms with Gasteiger partial charge in [-0.1, -0.05) is 34.5 Å². The van der Waals surface area contributed by atoms with Crippen LogP contribution in [-0.4, -0.2) is 12.1 Å². The first-order valence-electron chi connectivity index (χ1n) is 5.26. The van der Waals surface area contributed by atoms with Gasteiger partial charge in [-0.15, -0.1) is 0 Å². The van der Waals surface area contributed by atoms with E-state index in [-0.39, 0.29) is 5.54 Å². The quantitative estimate of drug-likeness (QED) is 0.795. The molecule has 0 atom stereocenters. The van der Waals surface area contributed by atoms with Crippen LogP contribution in [0.5, 0.6) is 0 Å². The van der Waals surface area contributed by atoms with E-state index in [2.05, 4.69) is 55.0 Å². The van der Waals surface area contributed by atoms with E-state index in [0.717, 1.165) is 19.4 Å². The zero-order valence-corrected chi connectivity index (χ0v) is 11.2. The molecule has 1 rings (SSSR count). The summed E-state index contributed by atoms with van der Waals surface area (Å²) >= 11 is 3.67. The molecule has 0 unspecified atom stereocenters. The molecule has 0 bridgehead atoms. The Morgan fingerprint density at radius 1 is 1.57 bits per heavy atom. The van der Waals surface area contributed by atoms with Gasteiger partial charge in [0.25, 0.3) is 0 Å². The molecule has 1 nitrogen and oxygen atoms in total. The van der Waals surface area contributed by atoms with Crippen molar-refractivity contribution >= 4 is 15.9 Å². The van der Waals surface area contributed by atoms with Crippen LogP contribution in [-0.2, 0) is 0 Å². The number of nitrogens with one attached hydrogen (secondary N) is 1. The van der Waals surface area contributed by atoms with Gasteiger partial charge in [-0.3, -0.25) is 0 Å². The number of hydrogen-bond acceptors (Lipinski definition) is 1. The highest BCUT2D eigenvalue weighted by Gasteiger charge is 2.25. The van der Waals surface area contributed by atoms with E-state index in [0.29, 0.717) is 0 Å². The summed E-state index contributed by atoms with van der Waals surface area (Å²) in [7, 11) is 0. The van der Waals surface area contributed by atoms with Gasteiger partial charge in [0.1, 0.15) is 0 Å². The second-order valence-electron chi connectivity index (χ2n) is 4.63. The standard InChI is InChI=1S/C12H20BrN/c1-5-6-11(13)10-7-12(3,4)14-8-9(10)2/h6,14H,5,7-8H2,1-4H3/b11-6+. The average molecular weight is 258 g/mol. The fraction of sp³-hybridized carbons (Fsp3) is 0.667. The number of halogens is 1. The van der Waals surface area contributed by atoms with Crippen molar-refractivity contribution in [1.82, 2.24) is 5.32 Å². The molecule has 0 aromatic carbocycles. The number of allylic oxidation sites excluding steroid dienone is 2. The predicted octanol–water partition coefficient (Wildman–Crippen LogP) is 3.76. The van der Waals surface area contributed by atoms with Gasteiger partial charge in [0.15, 0.2) is 0 Å². The first kappa shape index (κ1) is 12.0. The van der Waals surface area contributed by atoms with Crippen molar-refractivity contribution in [2.45, 2.75) is 46.1 Å².